The quantitative estimate of drug-likeness (QED) is 0.269. The molecule has 0 aliphatic heterocycles. The van der Waals surface area contributed by atoms with E-state index in [1.807, 2.05) is 0 Å². The zero-order chi connectivity index (χ0) is 21.8. The van der Waals surface area contributed by atoms with E-state index < -0.39 is 0 Å². The number of hydrogen-bond acceptors (Lipinski definition) is 1. The summed E-state index contributed by atoms with van der Waals surface area (Å²) in [6.45, 7) is 2.32. The molecule has 0 saturated heterocycles. The lowest BCUT2D eigenvalue weighted by Crippen LogP contribution is -2.10. The summed E-state index contributed by atoms with van der Waals surface area (Å²) in [7, 11) is 0. The van der Waals surface area contributed by atoms with E-state index in [4.69, 9.17) is 0 Å². The smallest absolute Gasteiger partial charge is 0.0540 e. The van der Waals surface area contributed by atoms with E-state index in [0.717, 1.165) is 17.8 Å². The summed E-state index contributed by atoms with van der Waals surface area (Å²) in [6, 6.07) is 45.4. The average molecular weight is 414 g/mol. The van der Waals surface area contributed by atoms with Crippen LogP contribution in [0.4, 0.5) is 17.1 Å². The molecule has 5 aromatic carbocycles. The Morgan fingerprint density at radius 1 is 0.531 bits per heavy atom. The molecule has 5 rings (SSSR count). The van der Waals surface area contributed by atoms with Gasteiger partial charge >= 0.3 is 0 Å². The molecule has 0 saturated carbocycles. The molecule has 5 aromatic rings. The van der Waals surface area contributed by atoms with Crippen LogP contribution in [0, 0.1) is 0 Å². The fraction of sp³-hybridized carbons (Fsp3) is 0.0968. The second-order valence-corrected chi connectivity index (χ2v) is 8.31. The Labute approximate surface area is 190 Å². The topological polar surface area (TPSA) is 3.24 Å². The number of para-hydroxylation sites is 2. The standard InChI is InChI=1S/C31H27N/c1-24(25-13-5-2-6-14-25)23-26-21-22-31(30-20-12-11-19-29(26)30)32(27-15-7-3-8-16-27)28-17-9-4-10-18-28/h2-22,24H,23H2,1H3/t24-/m1/s1. The van der Waals surface area contributed by atoms with Crippen molar-refractivity contribution in [2.24, 2.45) is 0 Å². The number of hydrogen-bond donors (Lipinski definition) is 0. The van der Waals surface area contributed by atoms with Crippen molar-refractivity contribution in [1.29, 1.82) is 0 Å². The minimum Gasteiger partial charge on any atom is -0.310 e. The van der Waals surface area contributed by atoms with Crippen LogP contribution in [-0.2, 0) is 6.42 Å². The Kier molecular flexibility index (Phi) is 5.72. The van der Waals surface area contributed by atoms with Crippen molar-refractivity contribution in [1.82, 2.24) is 0 Å². The lowest BCUT2D eigenvalue weighted by molar-refractivity contribution is 0.763. The molecular weight excluding hydrogens is 386 g/mol. The van der Waals surface area contributed by atoms with Crippen LogP contribution < -0.4 is 4.90 Å². The van der Waals surface area contributed by atoms with E-state index >= 15 is 0 Å². The minimum atomic E-state index is 0.463. The highest BCUT2D eigenvalue weighted by molar-refractivity contribution is 6.00. The van der Waals surface area contributed by atoms with Crippen LogP contribution in [0.15, 0.2) is 127 Å². The van der Waals surface area contributed by atoms with Gasteiger partial charge in [0.1, 0.15) is 0 Å². The third-order valence-corrected chi connectivity index (χ3v) is 6.16. The van der Waals surface area contributed by atoms with E-state index in [1.165, 1.54) is 27.6 Å². The van der Waals surface area contributed by atoms with Gasteiger partial charge in [-0.2, -0.15) is 0 Å². The van der Waals surface area contributed by atoms with Crippen LogP contribution in [0.5, 0.6) is 0 Å². The largest absolute Gasteiger partial charge is 0.310 e. The average Bonchev–Trinajstić information content (AvgIpc) is 2.87. The van der Waals surface area contributed by atoms with Gasteiger partial charge in [0.25, 0.3) is 0 Å². The predicted octanol–water partition coefficient (Wildman–Crippen LogP) is 8.66. The van der Waals surface area contributed by atoms with Crippen LogP contribution in [0.2, 0.25) is 0 Å². The maximum atomic E-state index is 2.35. The molecule has 0 bridgehead atoms. The number of fused-ring (bicyclic) bond motifs is 1. The molecule has 0 aromatic heterocycles. The molecule has 0 N–H and O–H groups in total. The lowest BCUT2D eigenvalue weighted by atomic mass is 9.90. The first-order valence-electron chi connectivity index (χ1n) is 11.3. The Hall–Kier alpha value is -3.84. The van der Waals surface area contributed by atoms with Crippen molar-refractivity contribution in [3.8, 4) is 0 Å². The third kappa shape index (κ3) is 4.02. The highest BCUT2D eigenvalue weighted by Crippen LogP contribution is 2.40. The normalized spacial score (nSPS) is 11.9. The van der Waals surface area contributed by atoms with Gasteiger partial charge in [-0.15, -0.1) is 0 Å². The van der Waals surface area contributed by atoms with Gasteiger partial charge in [0.15, 0.2) is 0 Å². The second-order valence-electron chi connectivity index (χ2n) is 8.31. The highest BCUT2D eigenvalue weighted by atomic mass is 15.1. The molecule has 0 radical (unpaired) electrons. The van der Waals surface area contributed by atoms with Crippen LogP contribution in [0.1, 0.15) is 24.0 Å². The lowest BCUT2D eigenvalue weighted by Gasteiger charge is -2.27. The summed E-state index contributed by atoms with van der Waals surface area (Å²) in [6.07, 6.45) is 1.02. The molecule has 0 aliphatic carbocycles. The van der Waals surface area contributed by atoms with Crippen LogP contribution in [0.3, 0.4) is 0 Å². The molecule has 0 heterocycles. The van der Waals surface area contributed by atoms with Gasteiger partial charge < -0.3 is 4.90 Å². The molecule has 1 heteroatoms. The van der Waals surface area contributed by atoms with Crippen molar-refractivity contribution in [3.63, 3.8) is 0 Å². The molecule has 0 fully saturated rings. The van der Waals surface area contributed by atoms with Gasteiger partial charge in [-0.1, -0.05) is 104 Å². The zero-order valence-electron chi connectivity index (χ0n) is 18.4. The van der Waals surface area contributed by atoms with Gasteiger partial charge in [0.2, 0.25) is 0 Å². The van der Waals surface area contributed by atoms with Gasteiger partial charge in [0.05, 0.1) is 5.69 Å². The monoisotopic (exact) mass is 413 g/mol. The van der Waals surface area contributed by atoms with Crippen LogP contribution in [-0.4, -0.2) is 0 Å². The van der Waals surface area contributed by atoms with Crippen molar-refractivity contribution < 1.29 is 0 Å². The predicted molar refractivity (Wildman–Crippen MR) is 137 cm³/mol. The first kappa shape index (κ1) is 20.1. The first-order valence-corrected chi connectivity index (χ1v) is 11.3. The molecule has 0 spiro atoms. The fourth-order valence-electron chi connectivity index (χ4n) is 4.53. The van der Waals surface area contributed by atoms with Crippen molar-refractivity contribution >= 4 is 27.8 Å². The van der Waals surface area contributed by atoms with Crippen molar-refractivity contribution in [2.75, 3.05) is 4.90 Å². The van der Waals surface area contributed by atoms with E-state index in [9.17, 15) is 0 Å². The zero-order valence-corrected chi connectivity index (χ0v) is 18.4. The fourth-order valence-corrected chi connectivity index (χ4v) is 4.53. The molecule has 156 valence electrons. The highest BCUT2D eigenvalue weighted by Gasteiger charge is 2.17. The van der Waals surface area contributed by atoms with Crippen LogP contribution in [0.25, 0.3) is 10.8 Å². The van der Waals surface area contributed by atoms with Crippen molar-refractivity contribution in [3.05, 3.63) is 139 Å². The number of nitrogens with zero attached hydrogens (tertiary/aromatic N) is 1. The maximum Gasteiger partial charge on any atom is 0.0540 e. The minimum absolute atomic E-state index is 0.463. The summed E-state index contributed by atoms with van der Waals surface area (Å²) >= 11 is 0. The van der Waals surface area contributed by atoms with Crippen LogP contribution >= 0.6 is 0 Å². The summed E-state index contributed by atoms with van der Waals surface area (Å²) in [5, 5.41) is 2.60. The Bertz CT molecular complexity index is 1250. The van der Waals surface area contributed by atoms with Gasteiger partial charge in [-0.05, 0) is 59.2 Å². The Balaban J connectivity index is 1.62. The summed E-state index contributed by atoms with van der Waals surface area (Å²) in [4.78, 5) is 2.35. The third-order valence-electron chi connectivity index (χ3n) is 6.16. The van der Waals surface area contributed by atoms with Crippen molar-refractivity contribution in [2.45, 2.75) is 19.3 Å². The first-order chi connectivity index (χ1) is 15.8. The molecule has 0 amide bonds. The second kappa shape index (κ2) is 9.11. The van der Waals surface area contributed by atoms with E-state index in [1.54, 1.807) is 0 Å². The van der Waals surface area contributed by atoms with E-state index in [2.05, 4.69) is 139 Å². The molecule has 0 unspecified atom stereocenters. The molecular formula is C31H27N. The Morgan fingerprint density at radius 2 is 1.03 bits per heavy atom. The summed E-state index contributed by atoms with van der Waals surface area (Å²) in [5.74, 6) is 0.463. The maximum absolute atomic E-state index is 2.35. The van der Waals surface area contributed by atoms with Gasteiger partial charge in [-0.25, -0.2) is 0 Å². The van der Waals surface area contributed by atoms with E-state index in [0.29, 0.717) is 5.92 Å². The summed E-state index contributed by atoms with van der Waals surface area (Å²) in [5.41, 5.74) is 6.30. The Morgan fingerprint density at radius 3 is 1.62 bits per heavy atom. The van der Waals surface area contributed by atoms with Gasteiger partial charge in [-0.3, -0.25) is 0 Å². The number of rotatable bonds is 6. The van der Waals surface area contributed by atoms with Gasteiger partial charge in [0, 0.05) is 16.8 Å². The number of benzene rings is 5. The molecule has 1 nitrogen and oxygen atoms in total. The van der Waals surface area contributed by atoms with E-state index in [-0.39, 0.29) is 0 Å². The molecule has 32 heavy (non-hydrogen) atoms. The molecule has 0 aliphatic rings. The molecule has 1 atom stereocenters. The SMILES string of the molecule is C[C@H](Cc1ccc(N(c2ccccc2)c2ccccc2)c2ccccc12)c1ccccc1. The summed E-state index contributed by atoms with van der Waals surface area (Å²) < 4.78 is 0. The number of anilines is 3.